The molecular weight excluding hydrogens is 377 g/mol. The zero-order valence-corrected chi connectivity index (χ0v) is 15.8. The Morgan fingerprint density at radius 2 is 1.79 bits per heavy atom. The average molecular weight is 400 g/mol. The van der Waals surface area contributed by atoms with E-state index in [2.05, 4.69) is 9.88 Å². The summed E-state index contributed by atoms with van der Waals surface area (Å²) in [6.45, 7) is 6.92. The average Bonchev–Trinajstić information content (AvgIpc) is 2.83. The summed E-state index contributed by atoms with van der Waals surface area (Å²) in [5, 5.41) is 0. The molecule has 10 heteroatoms. The lowest BCUT2D eigenvalue weighted by Crippen LogP contribution is -2.47. The summed E-state index contributed by atoms with van der Waals surface area (Å²) in [6.07, 6.45) is -3.50. The molecule has 154 valence electrons. The fraction of sp³-hybridized carbons (Fsp3) is 0.611. The number of ether oxygens (including phenoxy) is 1. The molecule has 3 rings (SSSR count). The highest BCUT2D eigenvalue weighted by Crippen LogP contribution is 2.29. The summed E-state index contributed by atoms with van der Waals surface area (Å²) in [5.74, 6) is 0.205. The van der Waals surface area contributed by atoms with Crippen LogP contribution in [-0.2, 0) is 15.7 Å². The largest absolute Gasteiger partial charge is 0.433 e. The first-order valence-corrected chi connectivity index (χ1v) is 9.13. The highest BCUT2D eigenvalue weighted by molar-refractivity contribution is 6.02. The van der Waals surface area contributed by atoms with Crippen molar-refractivity contribution in [1.82, 2.24) is 14.8 Å². The number of alkyl halides is 3. The highest BCUT2D eigenvalue weighted by atomic mass is 19.4. The Hall–Kier alpha value is -2.36. The van der Waals surface area contributed by atoms with Gasteiger partial charge in [-0.3, -0.25) is 9.69 Å². The van der Waals surface area contributed by atoms with E-state index >= 15 is 0 Å². The number of anilines is 1. The molecule has 0 saturated carbocycles. The number of aromatic nitrogens is 1. The Balaban J connectivity index is 1.43. The number of carbonyl (C=O) groups is 2. The van der Waals surface area contributed by atoms with Crippen molar-refractivity contribution in [3.63, 3.8) is 0 Å². The van der Waals surface area contributed by atoms with Crippen LogP contribution in [0.4, 0.5) is 23.8 Å². The van der Waals surface area contributed by atoms with Gasteiger partial charge in [-0.25, -0.2) is 14.7 Å². The lowest BCUT2D eigenvalue weighted by Gasteiger charge is -2.35. The maximum atomic E-state index is 12.6. The van der Waals surface area contributed by atoms with Crippen LogP contribution in [0.2, 0.25) is 0 Å². The number of piperazine rings is 1. The van der Waals surface area contributed by atoms with E-state index in [1.165, 1.54) is 6.07 Å². The summed E-state index contributed by atoms with van der Waals surface area (Å²) in [7, 11) is 0. The Labute approximate surface area is 161 Å². The number of halogens is 3. The van der Waals surface area contributed by atoms with Crippen molar-refractivity contribution in [1.29, 1.82) is 0 Å². The van der Waals surface area contributed by atoms with Crippen molar-refractivity contribution in [2.24, 2.45) is 0 Å². The predicted octanol–water partition coefficient (Wildman–Crippen LogP) is 2.37. The molecule has 2 aliphatic heterocycles. The van der Waals surface area contributed by atoms with Gasteiger partial charge in [0.1, 0.15) is 5.82 Å². The Morgan fingerprint density at radius 3 is 2.29 bits per heavy atom. The van der Waals surface area contributed by atoms with Gasteiger partial charge in [-0.2, -0.15) is 13.2 Å². The molecule has 2 aliphatic rings. The van der Waals surface area contributed by atoms with Gasteiger partial charge in [-0.05, 0) is 38.9 Å². The van der Waals surface area contributed by atoms with Crippen LogP contribution in [0.25, 0.3) is 0 Å². The molecule has 2 saturated heterocycles. The molecule has 0 aromatic carbocycles. The number of amides is 2. The van der Waals surface area contributed by atoms with Gasteiger partial charge >= 0.3 is 12.3 Å². The molecule has 28 heavy (non-hydrogen) atoms. The monoisotopic (exact) mass is 400 g/mol. The summed E-state index contributed by atoms with van der Waals surface area (Å²) in [5.41, 5.74) is -1.86. The normalized spacial score (nSPS) is 20.6. The van der Waals surface area contributed by atoms with Gasteiger partial charge in [0.25, 0.3) is 5.91 Å². The summed E-state index contributed by atoms with van der Waals surface area (Å²) in [4.78, 5) is 33.1. The third kappa shape index (κ3) is 4.37. The van der Waals surface area contributed by atoms with Gasteiger partial charge in [0, 0.05) is 38.9 Å². The van der Waals surface area contributed by atoms with Gasteiger partial charge in [0.2, 0.25) is 0 Å². The molecule has 2 amide bonds. The van der Waals surface area contributed by atoms with Crippen LogP contribution in [0.3, 0.4) is 0 Å². The molecule has 2 fully saturated rings. The SMILES string of the molecule is CC1(C)OC(=O)N(CCCN2CCN(c3ccc(C(F)(F)F)cn3)CC2)C1=O. The van der Waals surface area contributed by atoms with Crippen LogP contribution in [0.15, 0.2) is 18.3 Å². The fourth-order valence-electron chi connectivity index (χ4n) is 3.31. The minimum atomic E-state index is -4.39. The minimum Gasteiger partial charge on any atom is -0.433 e. The lowest BCUT2D eigenvalue weighted by molar-refractivity contribution is -0.138. The lowest BCUT2D eigenvalue weighted by atomic mass is 10.1. The second-order valence-electron chi connectivity index (χ2n) is 7.42. The topological polar surface area (TPSA) is 66.0 Å². The van der Waals surface area contributed by atoms with Crippen molar-refractivity contribution in [2.45, 2.75) is 32.0 Å². The Morgan fingerprint density at radius 1 is 1.11 bits per heavy atom. The first-order chi connectivity index (χ1) is 13.1. The zero-order valence-electron chi connectivity index (χ0n) is 15.8. The van der Waals surface area contributed by atoms with E-state index in [1.807, 2.05) is 4.90 Å². The van der Waals surface area contributed by atoms with Gasteiger partial charge in [0.15, 0.2) is 5.60 Å². The summed E-state index contributed by atoms with van der Waals surface area (Å²) < 4.78 is 42.9. The predicted molar refractivity (Wildman–Crippen MR) is 94.8 cm³/mol. The van der Waals surface area contributed by atoms with Crippen LogP contribution in [0, 0.1) is 0 Å². The van der Waals surface area contributed by atoms with Crippen LogP contribution < -0.4 is 4.90 Å². The first-order valence-electron chi connectivity index (χ1n) is 9.13. The third-order valence-corrected chi connectivity index (χ3v) is 4.95. The molecule has 0 radical (unpaired) electrons. The van der Waals surface area contributed by atoms with Crippen LogP contribution in [0.1, 0.15) is 25.8 Å². The van der Waals surface area contributed by atoms with Crippen molar-refractivity contribution in [2.75, 3.05) is 44.2 Å². The molecule has 3 heterocycles. The van der Waals surface area contributed by atoms with Gasteiger partial charge in [-0.15, -0.1) is 0 Å². The van der Waals surface area contributed by atoms with E-state index < -0.39 is 23.4 Å². The van der Waals surface area contributed by atoms with E-state index in [4.69, 9.17) is 4.74 Å². The number of carbonyl (C=O) groups excluding carboxylic acids is 2. The maximum Gasteiger partial charge on any atom is 0.417 e. The van der Waals surface area contributed by atoms with Crippen molar-refractivity contribution >= 4 is 17.8 Å². The van der Waals surface area contributed by atoms with Gasteiger partial charge in [-0.1, -0.05) is 0 Å². The number of pyridine rings is 1. The third-order valence-electron chi connectivity index (χ3n) is 4.95. The second-order valence-corrected chi connectivity index (χ2v) is 7.42. The first kappa shape index (κ1) is 20.4. The van der Waals surface area contributed by atoms with Crippen molar-refractivity contribution in [3.05, 3.63) is 23.9 Å². The number of hydrogen-bond donors (Lipinski definition) is 0. The Bertz CT molecular complexity index is 729. The molecule has 0 N–H and O–H groups in total. The summed E-state index contributed by atoms with van der Waals surface area (Å²) >= 11 is 0. The van der Waals surface area contributed by atoms with Crippen molar-refractivity contribution in [3.8, 4) is 0 Å². The van der Waals surface area contributed by atoms with E-state index in [1.54, 1.807) is 13.8 Å². The van der Waals surface area contributed by atoms with E-state index in [0.717, 1.165) is 30.3 Å². The number of nitrogens with zero attached hydrogens (tertiary/aromatic N) is 4. The highest BCUT2D eigenvalue weighted by Gasteiger charge is 2.46. The standard InChI is InChI=1S/C18H23F3N4O3/c1-17(2)15(26)25(16(27)28-17)7-3-6-23-8-10-24(11-9-23)14-5-4-13(12-22-14)18(19,20)21/h4-5,12H,3,6-11H2,1-2H3. The smallest absolute Gasteiger partial charge is 0.417 e. The van der Waals surface area contributed by atoms with Gasteiger partial charge in [0.05, 0.1) is 5.56 Å². The second kappa shape index (κ2) is 7.57. The summed E-state index contributed by atoms with van der Waals surface area (Å²) in [6, 6.07) is 2.44. The molecule has 0 aliphatic carbocycles. The molecule has 7 nitrogen and oxygen atoms in total. The number of cyclic esters (lactones) is 1. The van der Waals surface area contributed by atoms with E-state index in [-0.39, 0.29) is 5.91 Å². The number of hydrogen-bond acceptors (Lipinski definition) is 6. The van der Waals surface area contributed by atoms with E-state index in [9.17, 15) is 22.8 Å². The molecule has 1 aromatic heterocycles. The molecule has 0 unspecified atom stereocenters. The molecule has 1 aromatic rings. The molecular formula is C18H23F3N4O3. The maximum absolute atomic E-state index is 12.6. The van der Waals surface area contributed by atoms with Crippen molar-refractivity contribution < 1.29 is 27.5 Å². The zero-order chi connectivity index (χ0) is 20.5. The molecule has 0 bridgehead atoms. The number of rotatable bonds is 5. The minimum absolute atomic E-state index is 0.307. The Kier molecular flexibility index (Phi) is 5.51. The van der Waals surface area contributed by atoms with E-state index in [0.29, 0.717) is 38.4 Å². The fourth-order valence-corrected chi connectivity index (χ4v) is 3.31. The van der Waals surface area contributed by atoms with Crippen LogP contribution in [0.5, 0.6) is 0 Å². The van der Waals surface area contributed by atoms with Crippen LogP contribution in [-0.4, -0.2) is 71.7 Å². The molecule has 0 atom stereocenters. The quantitative estimate of drug-likeness (QED) is 0.756. The van der Waals surface area contributed by atoms with Crippen LogP contribution >= 0.6 is 0 Å². The van der Waals surface area contributed by atoms with Gasteiger partial charge < -0.3 is 9.64 Å². The number of imide groups is 1. The molecule has 0 spiro atoms.